The number of aromatic nitrogens is 2. The largest absolute Gasteiger partial charge is 0.384 e. The molecule has 0 radical (unpaired) electrons. The molecule has 19 heavy (non-hydrogen) atoms. The molecular weight excluding hydrogens is 244 g/mol. The molecule has 1 aromatic heterocycles. The van der Waals surface area contributed by atoms with Crippen molar-refractivity contribution < 1.29 is 9.53 Å². The van der Waals surface area contributed by atoms with Crippen molar-refractivity contribution >= 4 is 6.03 Å². The van der Waals surface area contributed by atoms with E-state index >= 15 is 0 Å². The van der Waals surface area contributed by atoms with Gasteiger partial charge in [0.25, 0.3) is 0 Å². The molecule has 106 valence electrons. The summed E-state index contributed by atoms with van der Waals surface area (Å²) >= 11 is 0. The molecule has 6 heteroatoms. The van der Waals surface area contributed by atoms with E-state index in [1.807, 2.05) is 15.8 Å². The van der Waals surface area contributed by atoms with Crippen LogP contribution >= 0.6 is 0 Å². The maximum atomic E-state index is 12.1. The van der Waals surface area contributed by atoms with Gasteiger partial charge in [0.1, 0.15) is 0 Å². The van der Waals surface area contributed by atoms with Gasteiger partial charge in [0.05, 0.1) is 25.0 Å². The number of aryl methyl sites for hydroxylation is 1. The van der Waals surface area contributed by atoms with E-state index in [-0.39, 0.29) is 11.9 Å². The number of carbonyl (C=O) groups excluding carboxylic acids is 1. The van der Waals surface area contributed by atoms with Crippen molar-refractivity contribution in [1.29, 1.82) is 0 Å². The summed E-state index contributed by atoms with van der Waals surface area (Å²) < 4.78 is 7.31. The predicted molar refractivity (Wildman–Crippen MR) is 72.0 cm³/mol. The number of carbonyl (C=O) groups is 1. The lowest BCUT2D eigenvalue weighted by Gasteiger charge is -2.34. The average Bonchev–Trinajstić information content (AvgIpc) is 2.81. The van der Waals surface area contributed by atoms with E-state index in [0.29, 0.717) is 19.7 Å². The summed E-state index contributed by atoms with van der Waals surface area (Å²) in [7, 11) is 5.25. The van der Waals surface area contributed by atoms with Gasteiger partial charge in [-0.1, -0.05) is 0 Å². The fourth-order valence-electron chi connectivity index (χ4n) is 2.66. The number of hydrogen-bond donors (Lipinski definition) is 0. The molecule has 1 aliphatic heterocycles. The summed E-state index contributed by atoms with van der Waals surface area (Å²) in [5, 5.41) is 4.40. The van der Waals surface area contributed by atoms with E-state index in [4.69, 9.17) is 4.74 Å². The fraction of sp³-hybridized carbons (Fsp3) is 0.692. The first-order chi connectivity index (χ1) is 9.08. The van der Waals surface area contributed by atoms with Crippen molar-refractivity contribution in [3.63, 3.8) is 0 Å². The van der Waals surface area contributed by atoms with Gasteiger partial charge in [-0.15, -0.1) is 0 Å². The zero-order valence-corrected chi connectivity index (χ0v) is 12.1. The summed E-state index contributed by atoms with van der Waals surface area (Å²) in [5.41, 5.74) is 2.34. The van der Waals surface area contributed by atoms with E-state index < -0.39 is 0 Å². The molecule has 2 amide bonds. The van der Waals surface area contributed by atoms with E-state index in [9.17, 15) is 4.79 Å². The van der Waals surface area contributed by atoms with Crippen molar-refractivity contribution in [3.8, 4) is 0 Å². The van der Waals surface area contributed by atoms with Gasteiger partial charge < -0.3 is 14.5 Å². The maximum absolute atomic E-state index is 12.1. The van der Waals surface area contributed by atoms with E-state index in [0.717, 1.165) is 12.1 Å². The zero-order valence-electron chi connectivity index (χ0n) is 12.1. The minimum Gasteiger partial charge on any atom is -0.384 e. The summed E-state index contributed by atoms with van der Waals surface area (Å²) in [6.45, 7) is 4.84. The van der Waals surface area contributed by atoms with Gasteiger partial charge in [0.2, 0.25) is 0 Å². The van der Waals surface area contributed by atoms with Gasteiger partial charge in [-0.3, -0.25) is 4.68 Å². The minimum absolute atomic E-state index is 0.0380. The monoisotopic (exact) mass is 266 g/mol. The van der Waals surface area contributed by atoms with Gasteiger partial charge in [0, 0.05) is 45.8 Å². The number of methoxy groups -OCH3 is 1. The fourth-order valence-corrected chi connectivity index (χ4v) is 2.66. The van der Waals surface area contributed by atoms with Gasteiger partial charge >= 0.3 is 6.03 Å². The molecule has 1 aliphatic rings. The van der Waals surface area contributed by atoms with E-state index in [1.165, 1.54) is 5.69 Å². The van der Waals surface area contributed by atoms with Crippen LogP contribution < -0.4 is 0 Å². The van der Waals surface area contributed by atoms with Crippen molar-refractivity contribution in [2.75, 3.05) is 34.4 Å². The van der Waals surface area contributed by atoms with E-state index in [1.54, 1.807) is 26.1 Å². The Morgan fingerprint density at radius 1 is 1.58 bits per heavy atom. The Morgan fingerprint density at radius 2 is 2.32 bits per heavy atom. The smallest absolute Gasteiger partial charge is 0.319 e. The standard InChI is InChI=1S/C13H22N4O2/c1-5-17-12-10(6-14-17)7-16(13(18)15(2)3)8-11(12)9-19-4/h6,11H,5,7-9H2,1-4H3. The summed E-state index contributed by atoms with van der Waals surface area (Å²) in [4.78, 5) is 15.6. The number of fused-ring (bicyclic) bond motifs is 1. The highest BCUT2D eigenvalue weighted by Gasteiger charge is 2.31. The van der Waals surface area contributed by atoms with Crippen LogP contribution in [-0.2, 0) is 17.8 Å². The third-order valence-electron chi connectivity index (χ3n) is 3.47. The first-order valence-corrected chi connectivity index (χ1v) is 6.58. The first-order valence-electron chi connectivity index (χ1n) is 6.58. The Kier molecular flexibility index (Phi) is 4.09. The summed E-state index contributed by atoms with van der Waals surface area (Å²) in [6, 6.07) is 0.0380. The lowest BCUT2D eigenvalue weighted by molar-refractivity contribution is 0.128. The third kappa shape index (κ3) is 2.58. The maximum Gasteiger partial charge on any atom is 0.319 e. The number of nitrogens with zero attached hydrogens (tertiary/aromatic N) is 4. The molecule has 1 aromatic rings. The molecule has 1 atom stereocenters. The van der Waals surface area contributed by atoms with Crippen LogP contribution in [0.15, 0.2) is 6.20 Å². The molecule has 1 unspecified atom stereocenters. The van der Waals surface area contributed by atoms with Crippen LogP contribution in [0, 0.1) is 0 Å². The van der Waals surface area contributed by atoms with Crippen LogP contribution in [-0.4, -0.2) is 60.0 Å². The topological polar surface area (TPSA) is 50.6 Å². The molecule has 2 rings (SSSR count). The summed E-state index contributed by atoms with van der Waals surface area (Å²) in [5.74, 6) is 0.195. The van der Waals surface area contributed by atoms with Crippen LogP contribution in [0.1, 0.15) is 24.1 Å². The van der Waals surface area contributed by atoms with Crippen LogP contribution in [0.2, 0.25) is 0 Å². The van der Waals surface area contributed by atoms with Gasteiger partial charge in [-0.2, -0.15) is 5.10 Å². The minimum atomic E-state index is 0.0380. The lowest BCUT2D eigenvalue weighted by Crippen LogP contribution is -2.44. The van der Waals surface area contributed by atoms with Crippen molar-refractivity contribution in [2.24, 2.45) is 0 Å². The highest BCUT2D eigenvalue weighted by Crippen LogP contribution is 2.29. The molecule has 0 spiro atoms. The Balaban J connectivity index is 2.29. The zero-order chi connectivity index (χ0) is 14.0. The molecular formula is C13H22N4O2. The predicted octanol–water partition coefficient (Wildman–Crippen LogP) is 1.13. The SMILES string of the molecule is CCn1ncc2c1C(COC)CN(C(=O)N(C)C)C2. The molecule has 0 fully saturated rings. The van der Waals surface area contributed by atoms with Gasteiger partial charge in [-0.05, 0) is 6.92 Å². The van der Waals surface area contributed by atoms with Crippen LogP contribution in [0.4, 0.5) is 4.79 Å². The molecule has 0 aromatic carbocycles. The normalized spacial score (nSPS) is 18.3. The van der Waals surface area contributed by atoms with Gasteiger partial charge in [0.15, 0.2) is 0 Å². The molecule has 0 bridgehead atoms. The Hall–Kier alpha value is -1.56. The highest BCUT2D eigenvalue weighted by atomic mass is 16.5. The number of hydrogen-bond acceptors (Lipinski definition) is 3. The Labute approximate surface area is 113 Å². The van der Waals surface area contributed by atoms with Gasteiger partial charge in [-0.25, -0.2) is 4.79 Å². The van der Waals surface area contributed by atoms with E-state index in [2.05, 4.69) is 12.0 Å². The number of amides is 2. The first kappa shape index (κ1) is 13.9. The number of urea groups is 1. The molecule has 2 heterocycles. The molecule has 6 nitrogen and oxygen atoms in total. The second-order valence-corrected chi connectivity index (χ2v) is 5.08. The Morgan fingerprint density at radius 3 is 2.89 bits per heavy atom. The average molecular weight is 266 g/mol. The van der Waals surface area contributed by atoms with Crippen molar-refractivity contribution in [2.45, 2.75) is 25.9 Å². The van der Waals surface area contributed by atoms with Crippen LogP contribution in [0.3, 0.4) is 0 Å². The second-order valence-electron chi connectivity index (χ2n) is 5.08. The van der Waals surface area contributed by atoms with Crippen LogP contribution in [0.5, 0.6) is 0 Å². The molecule has 0 saturated heterocycles. The number of rotatable bonds is 3. The Bertz CT molecular complexity index is 455. The molecule has 0 aliphatic carbocycles. The van der Waals surface area contributed by atoms with Crippen molar-refractivity contribution in [1.82, 2.24) is 19.6 Å². The lowest BCUT2D eigenvalue weighted by atomic mass is 9.97. The number of ether oxygens (including phenoxy) is 1. The summed E-state index contributed by atoms with van der Waals surface area (Å²) in [6.07, 6.45) is 1.87. The second kappa shape index (κ2) is 5.61. The molecule has 0 saturated carbocycles. The molecule has 0 N–H and O–H groups in total. The third-order valence-corrected chi connectivity index (χ3v) is 3.47. The highest BCUT2D eigenvalue weighted by molar-refractivity contribution is 5.74. The van der Waals surface area contributed by atoms with Crippen LogP contribution in [0.25, 0.3) is 0 Å². The van der Waals surface area contributed by atoms with Crippen molar-refractivity contribution in [3.05, 3.63) is 17.5 Å². The quantitative estimate of drug-likeness (QED) is 0.824.